The molecule has 6 nitrogen and oxygen atoms in total. The van der Waals surface area contributed by atoms with Crippen molar-refractivity contribution in [3.63, 3.8) is 0 Å². The minimum Gasteiger partial charge on any atom is -0.378 e. The van der Waals surface area contributed by atoms with Crippen LogP contribution in [0, 0.1) is 5.41 Å². The van der Waals surface area contributed by atoms with Gasteiger partial charge in [0.1, 0.15) is 0 Å². The lowest BCUT2D eigenvalue weighted by Crippen LogP contribution is -2.45. The molecule has 1 fully saturated rings. The first-order valence-corrected chi connectivity index (χ1v) is 6.75. The van der Waals surface area contributed by atoms with Crippen LogP contribution < -0.4 is 16.0 Å². The monoisotopic (exact) mass is 307 g/mol. The number of rotatable bonds is 5. The van der Waals surface area contributed by atoms with Crippen LogP contribution in [0.4, 0.5) is 0 Å². The lowest BCUT2D eigenvalue weighted by atomic mass is 9.96. The molecule has 1 saturated heterocycles. The molecular formula is C13H26ClN3O3. The minimum atomic E-state index is -0.395. The van der Waals surface area contributed by atoms with E-state index in [1.54, 1.807) is 0 Å². The van der Waals surface area contributed by atoms with Crippen LogP contribution in [0.2, 0.25) is 0 Å². The molecule has 0 saturated carbocycles. The molecule has 1 atom stereocenters. The zero-order valence-electron chi connectivity index (χ0n) is 12.5. The van der Waals surface area contributed by atoms with E-state index in [0.29, 0.717) is 32.7 Å². The molecule has 20 heavy (non-hydrogen) atoms. The Morgan fingerprint density at radius 1 is 1.25 bits per heavy atom. The molecule has 0 spiro atoms. The van der Waals surface area contributed by atoms with Crippen LogP contribution in [0.1, 0.15) is 27.2 Å². The first-order valence-electron chi connectivity index (χ1n) is 6.75. The van der Waals surface area contributed by atoms with Crippen molar-refractivity contribution in [1.29, 1.82) is 0 Å². The number of hydrogen-bond acceptors (Lipinski definition) is 4. The largest absolute Gasteiger partial charge is 0.378 e. The SMILES string of the molecule is CC(C)(C)C(=O)NCCNC(=O)CC1COCCN1.Cl. The summed E-state index contributed by atoms with van der Waals surface area (Å²) >= 11 is 0. The molecule has 3 N–H and O–H groups in total. The Bertz CT molecular complexity index is 312. The van der Waals surface area contributed by atoms with Gasteiger partial charge in [0.2, 0.25) is 11.8 Å². The molecule has 0 aromatic rings. The number of halogens is 1. The fourth-order valence-electron chi connectivity index (χ4n) is 1.69. The Morgan fingerprint density at radius 2 is 1.90 bits per heavy atom. The van der Waals surface area contributed by atoms with E-state index in [0.717, 1.165) is 6.54 Å². The van der Waals surface area contributed by atoms with E-state index in [1.807, 2.05) is 20.8 Å². The molecule has 1 unspecified atom stereocenters. The van der Waals surface area contributed by atoms with Crippen molar-refractivity contribution in [3.05, 3.63) is 0 Å². The predicted octanol–water partition coefficient (Wildman–Crippen LogP) is 0.0652. The lowest BCUT2D eigenvalue weighted by Gasteiger charge is -2.23. The van der Waals surface area contributed by atoms with Gasteiger partial charge in [-0.25, -0.2) is 0 Å². The van der Waals surface area contributed by atoms with Crippen molar-refractivity contribution in [1.82, 2.24) is 16.0 Å². The van der Waals surface area contributed by atoms with E-state index in [1.165, 1.54) is 0 Å². The molecule has 118 valence electrons. The van der Waals surface area contributed by atoms with Crippen molar-refractivity contribution in [3.8, 4) is 0 Å². The van der Waals surface area contributed by atoms with Crippen molar-refractivity contribution >= 4 is 24.2 Å². The molecule has 0 bridgehead atoms. The van der Waals surface area contributed by atoms with Gasteiger partial charge >= 0.3 is 0 Å². The Hall–Kier alpha value is -0.850. The molecule has 0 aromatic heterocycles. The second-order valence-corrected chi connectivity index (χ2v) is 5.79. The maximum atomic E-state index is 11.6. The standard InChI is InChI=1S/C13H25N3O3.ClH/c1-13(2,3)12(18)16-5-4-15-11(17)8-10-9-19-7-6-14-10;/h10,14H,4-9H2,1-3H3,(H,15,17)(H,16,18);1H. The molecule has 0 aliphatic carbocycles. The maximum absolute atomic E-state index is 11.6. The maximum Gasteiger partial charge on any atom is 0.225 e. The van der Waals surface area contributed by atoms with Crippen LogP contribution >= 0.6 is 12.4 Å². The molecule has 2 amide bonds. The molecule has 1 aliphatic rings. The highest BCUT2D eigenvalue weighted by Gasteiger charge is 2.20. The van der Waals surface area contributed by atoms with Crippen LogP contribution in [0.3, 0.4) is 0 Å². The average molecular weight is 308 g/mol. The van der Waals surface area contributed by atoms with Crippen molar-refractivity contribution in [2.45, 2.75) is 33.2 Å². The Kier molecular flexibility index (Phi) is 8.76. The minimum absolute atomic E-state index is 0. The summed E-state index contributed by atoms with van der Waals surface area (Å²) in [4.78, 5) is 23.2. The fraction of sp³-hybridized carbons (Fsp3) is 0.846. The number of amides is 2. The summed E-state index contributed by atoms with van der Waals surface area (Å²) in [6.45, 7) is 8.55. The van der Waals surface area contributed by atoms with E-state index in [9.17, 15) is 9.59 Å². The second-order valence-electron chi connectivity index (χ2n) is 5.79. The molecule has 1 rings (SSSR count). The molecular weight excluding hydrogens is 282 g/mol. The van der Waals surface area contributed by atoms with Gasteiger partial charge in [-0.2, -0.15) is 0 Å². The predicted molar refractivity (Wildman–Crippen MR) is 79.9 cm³/mol. The highest BCUT2D eigenvalue weighted by atomic mass is 35.5. The number of carbonyl (C=O) groups is 2. The van der Waals surface area contributed by atoms with Gasteiger partial charge in [-0.3, -0.25) is 9.59 Å². The molecule has 0 radical (unpaired) electrons. The smallest absolute Gasteiger partial charge is 0.225 e. The number of hydrogen-bond donors (Lipinski definition) is 3. The summed E-state index contributed by atoms with van der Waals surface area (Å²) in [5, 5.41) is 8.80. The normalized spacial score (nSPS) is 18.9. The van der Waals surface area contributed by atoms with E-state index in [2.05, 4.69) is 16.0 Å². The van der Waals surface area contributed by atoms with Crippen LogP contribution in [0.5, 0.6) is 0 Å². The number of nitrogens with one attached hydrogen (secondary N) is 3. The summed E-state index contributed by atoms with van der Waals surface area (Å²) < 4.78 is 5.28. The van der Waals surface area contributed by atoms with Gasteiger partial charge in [0.15, 0.2) is 0 Å². The zero-order valence-corrected chi connectivity index (χ0v) is 13.3. The summed E-state index contributed by atoms with van der Waals surface area (Å²) in [6, 6.07) is 0.0953. The summed E-state index contributed by atoms with van der Waals surface area (Å²) in [5.74, 6) is -0.0305. The van der Waals surface area contributed by atoms with Gasteiger partial charge in [-0.05, 0) is 0 Å². The van der Waals surface area contributed by atoms with Crippen LogP contribution in [0.25, 0.3) is 0 Å². The number of carbonyl (C=O) groups excluding carboxylic acids is 2. The van der Waals surface area contributed by atoms with Gasteiger partial charge in [0, 0.05) is 37.5 Å². The van der Waals surface area contributed by atoms with Crippen LogP contribution in [0.15, 0.2) is 0 Å². The first kappa shape index (κ1) is 19.1. The van der Waals surface area contributed by atoms with E-state index < -0.39 is 5.41 Å². The average Bonchev–Trinajstić information content (AvgIpc) is 2.34. The number of ether oxygens (including phenoxy) is 1. The van der Waals surface area contributed by atoms with E-state index in [-0.39, 0.29) is 30.3 Å². The Balaban J connectivity index is 0.00000361. The first-order chi connectivity index (χ1) is 8.89. The highest BCUT2D eigenvalue weighted by Crippen LogP contribution is 2.11. The molecule has 1 aliphatic heterocycles. The quantitative estimate of drug-likeness (QED) is 0.628. The van der Waals surface area contributed by atoms with Crippen molar-refractivity contribution in [2.75, 3.05) is 32.8 Å². The summed E-state index contributed by atoms with van der Waals surface area (Å²) in [5.41, 5.74) is -0.395. The second kappa shape index (κ2) is 9.15. The van der Waals surface area contributed by atoms with Crippen molar-refractivity contribution in [2.24, 2.45) is 5.41 Å². The third kappa shape index (κ3) is 7.67. The topological polar surface area (TPSA) is 79.5 Å². The van der Waals surface area contributed by atoms with Gasteiger partial charge in [0.25, 0.3) is 0 Å². The Labute approximate surface area is 126 Å². The van der Waals surface area contributed by atoms with Crippen molar-refractivity contribution < 1.29 is 14.3 Å². The van der Waals surface area contributed by atoms with E-state index in [4.69, 9.17) is 4.74 Å². The highest BCUT2D eigenvalue weighted by molar-refractivity contribution is 5.85. The molecule has 1 heterocycles. The van der Waals surface area contributed by atoms with Gasteiger partial charge in [-0.15, -0.1) is 12.4 Å². The summed E-state index contributed by atoms with van der Waals surface area (Å²) in [6.07, 6.45) is 0.410. The lowest BCUT2D eigenvalue weighted by molar-refractivity contribution is -0.128. The zero-order chi connectivity index (χ0) is 14.3. The molecule has 7 heteroatoms. The molecule has 0 aromatic carbocycles. The van der Waals surface area contributed by atoms with E-state index >= 15 is 0 Å². The third-order valence-electron chi connectivity index (χ3n) is 2.84. The fourth-order valence-corrected chi connectivity index (χ4v) is 1.69. The Morgan fingerprint density at radius 3 is 2.45 bits per heavy atom. The number of morpholine rings is 1. The van der Waals surface area contributed by atoms with Gasteiger partial charge in [-0.1, -0.05) is 20.8 Å². The van der Waals surface area contributed by atoms with Gasteiger partial charge < -0.3 is 20.7 Å². The van der Waals surface area contributed by atoms with Gasteiger partial charge in [0.05, 0.1) is 13.2 Å². The van der Waals surface area contributed by atoms with Crippen LogP contribution in [-0.4, -0.2) is 50.7 Å². The summed E-state index contributed by atoms with van der Waals surface area (Å²) in [7, 11) is 0. The third-order valence-corrected chi connectivity index (χ3v) is 2.84. The van der Waals surface area contributed by atoms with Crippen LogP contribution in [-0.2, 0) is 14.3 Å².